The van der Waals surface area contributed by atoms with Crippen LogP contribution in [-0.4, -0.2) is 23.5 Å². The molecule has 2 aromatic carbocycles. The number of hydrazone groups is 2. The zero-order valence-corrected chi connectivity index (χ0v) is 17.8. The highest BCUT2D eigenvalue weighted by molar-refractivity contribution is 6.11. The molecular weight excluding hydrogens is 416 g/mol. The van der Waals surface area contributed by atoms with Crippen molar-refractivity contribution in [3.05, 3.63) is 60.7 Å². The molecule has 5 fully saturated rings. The first-order valence-corrected chi connectivity index (χ1v) is 11.6. The van der Waals surface area contributed by atoms with E-state index in [1.807, 2.05) is 60.7 Å². The smallest absolute Gasteiger partial charge is 0.307 e. The molecule has 166 valence electrons. The zero-order valence-electron chi connectivity index (χ0n) is 17.8. The average molecular weight is 441 g/mol. The molecule has 5 aliphatic carbocycles. The Kier molecular flexibility index (Phi) is 3.95. The van der Waals surface area contributed by atoms with Crippen molar-refractivity contribution in [2.75, 3.05) is 10.6 Å². The van der Waals surface area contributed by atoms with Crippen LogP contribution in [0.15, 0.2) is 70.9 Å². The third-order valence-electron chi connectivity index (χ3n) is 8.51. The second-order valence-electron chi connectivity index (χ2n) is 9.76. The minimum atomic E-state index is -0.319. The van der Waals surface area contributed by atoms with Gasteiger partial charge in [0.2, 0.25) is 0 Å². The van der Waals surface area contributed by atoms with Gasteiger partial charge in [0, 0.05) is 46.5 Å². The Morgan fingerprint density at radius 3 is 1.48 bits per heavy atom. The summed E-state index contributed by atoms with van der Waals surface area (Å²) in [7, 11) is 0. The molecule has 33 heavy (non-hydrogen) atoms. The molecule has 5 saturated carbocycles. The third kappa shape index (κ3) is 2.63. The second-order valence-corrected chi connectivity index (χ2v) is 9.76. The first-order valence-electron chi connectivity index (χ1n) is 11.6. The van der Waals surface area contributed by atoms with Gasteiger partial charge in [-0.1, -0.05) is 36.4 Å². The van der Waals surface area contributed by atoms with Crippen LogP contribution in [0.2, 0.25) is 0 Å². The van der Waals surface area contributed by atoms with E-state index >= 15 is 0 Å². The van der Waals surface area contributed by atoms with Crippen LogP contribution in [0, 0.1) is 47.3 Å². The molecule has 2 aromatic rings. The van der Waals surface area contributed by atoms with Crippen LogP contribution in [0.5, 0.6) is 0 Å². The fourth-order valence-electron chi connectivity index (χ4n) is 7.75. The Bertz CT molecular complexity index is 1100. The standard InChI is InChI=1S/C25H24N6O2/c32-24(26-12-7-3-1-4-8-12)30-28-22-18-14-11-15-17-16(14)20(22)21(17)23(19(15)18)29-31-25(33)27-13-9-5-2-6-10-13/h1-10,14-21H,11H2,(H2,26,30,32)(H2,27,31,33)/b28-22-,29-23-/t14-,15+,16+,17-,18+,19-,20-,21-/m0/s1. The van der Waals surface area contributed by atoms with E-state index in [2.05, 4.69) is 31.7 Å². The van der Waals surface area contributed by atoms with Gasteiger partial charge in [0.1, 0.15) is 0 Å². The summed E-state index contributed by atoms with van der Waals surface area (Å²) < 4.78 is 0. The Labute approximate surface area is 190 Å². The number of urea groups is 2. The fourth-order valence-corrected chi connectivity index (χ4v) is 7.75. The van der Waals surface area contributed by atoms with Gasteiger partial charge in [-0.25, -0.2) is 20.4 Å². The van der Waals surface area contributed by atoms with Crippen molar-refractivity contribution in [3.8, 4) is 0 Å². The molecule has 4 amide bonds. The molecule has 8 heteroatoms. The van der Waals surface area contributed by atoms with Crippen LogP contribution in [0.4, 0.5) is 21.0 Å². The number of hydrogen-bond donors (Lipinski definition) is 4. The molecule has 8 nitrogen and oxygen atoms in total. The minimum Gasteiger partial charge on any atom is -0.307 e. The molecule has 0 radical (unpaired) electrons. The quantitative estimate of drug-likeness (QED) is 0.544. The van der Waals surface area contributed by atoms with Crippen LogP contribution in [0.3, 0.4) is 0 Å². The van der Waals surface area contributed by atoms with Gasteiger partial charge in [-0.15, -0.1) is 0 Å². The van der Waals surface area contributed by atoms with Crippen LogP contribution in [0.25, 0.3) is 0 Å². The number of nitrogens with one attached hydrogen (secondary N) is 4. The molecule has 0 spiro atoms. The lowest BCUT2D eigenvalue weighted by molar-refractivity contribution is 0.0654. The maximum Gasteiger partial charge on any atom is 0.339 e. The third-order valence-corrected chi connectivity index (χ3v) is 8.51. The summed E-state index contributed by atoms with van der Waals surface area (Å²) >= 11 is 0. The number of nitrogens with zero attached hydrogens (tertiary/aromatic N) is 2. The van der Waals surface area contributed by atoms with E-state index < -0.39 is 0 Å². The average Bonchev–Trinajstić information content (AvgIpc) is 3.36. The molecule has 8 atom stereocenters. The zero-order chi connectivity index (χ0) is 22.1. The Balaban J connectivity index is 1.07. The maximum absolute atomic E-state index is 12.3. The van der Waals surface area contributed by atoms with Crippen molar-refractivity contribution in [2.24, 2.45) is 57.5 Å². The monoisotopic (exact) mass is 440 g/mol. The summed E-state index contributed by atoms with van der Waals surface area (Å²) in [4.78, 5) is 24.7. The van der Waals surface area contributed by atoms with E-state index in [4.69, 9.17) is 0 Å². The van der Waals surface area contributed by atoms with Gasteiger partial charge in [-0.05, 0) is 54.4 Å². The minimum absolute atomic E-state index is 0.319. The molecule has 2 bridgehead atoms. The molecular formula is C25H24N6O2. The molecule has 0 unspecified atom stereocenters. The lowest BCUT2D eigenvalue weighted by Crippen LogP contribution is -2.49. The number of rotatable bonds is 4. The van der Waals surface area contributed by atoms with Crippen molar-refractivity contribution in [2.45, 2.75) is 6.42 Å². The first-order chi connectivity index (χ1) is 16.2. The van der Waals surface area contributed by atoms with Gasteiger partial charge < -0.3 is 10.6 Å². The van der Waals surface area contributed by atoms with E-state index in [-0.39, 0.29) is 12.1 Å². The Morgan fingerprint density at radius 2 is 1.06 bits per heavy atom. The molecule has 7 rings (SSSR count). The fraction of sp³-hybridized carbons (Fsp3) is 0.360. The highest BCUT2D eigenvalue weighted by atomic mass is 16.2. The molecule has 0 aliphatic heterocycles. The van der Waals surface area contributed by atoms with Gasteiger partial charge in [-0.3, -0.25) is 0 Å². The van der Waals surface area contributed by atoms with Gasteiger partial charge in [0.15, 0.2) is 0 Å². The number of amides is 4. The SMILES string of the molecule is O=C(N/N=C1/[C@@H]2[C@H]3C[C@H]4[C@@H]2/C(=N/NC(=O)Nc2ccccc2)[C@@H]2[C@@H]1[C@H]3[C@H]42)Nc1ccccc1. The summed E-state index contributed by atoms with van der Waals surface area (Å²) in [5.74, 6) is 4.02. The molecule has 5 aliphatic rings. The van der Waals surface area contributed by atoms with E-state index in [9.17, 15) is 9.59 Å². The van der Waals surface area contributed by atoms with Gasteiger partial charge in [-0.2, -0.15) is 10.2 Å². The van der Waals surface area contributed by atoms with Crippen molar-refractivity contribution in [1.82, 2.24) is 10.9 Å². The first kappa shape index (κ1) is 18.8. The number of carbonyl (C=O) groups excluding carboxylic acids is 2. The van der Waals surface area contributed by atoms with Gasteiger partial charge >= 0.3 is 12.1 Å². The predicted molar refractivity (Wildman–Crippen MR) is 125 cm³/mol. The van der Waals surface area contributed by atoms with Crippen LogP contribution < -0.4 is 21.5 Å². The van der Waals surface area contributed by atoms with Crippen molar-refractivity contribution in [1.29, 1.82) is 0 Å². The molecule has 4 N–H and O–H groups in total. The summed E-state index contributed by atoms with van der Waals surface area (Å²) in [6.45, 7) is 0. The lowest BCUT2D eigenvalue weighted by atomic mass is 9.59. The molecule has 0 saturated heterocycles. The summed E-state index contributed by atoms with van der Waals surface area (Å²) in [6.07, 6.45) is 1.22. The van der Waals surface area contributed by atoms with Crippen LogP contribution in [0.1, 0.15) is 6.42 Å². The number of para-hydroxylation sites is 2. The highest BCUT2D eigenvalue weighted by Crippen LogP contribution is 2.80. The number of fused-ring (bicyclic) bond motifs is 2. The van der Waals surface area contributed by atoms with E-state index in [0.29, 0.717) is 47.3 Å². The number of anilines is 2. The van der Waals surface area contributed by atoms with Crippen molar-refractivity contribution < 1.29 is 9.59 Å². The normalized spacial score (nSPS) is 37.9. The molecule has 0 aromatic heterocycles. The van der Waals surface area contributed by atoms with Crippen molar-refractivity contribution in [3.63, 3.8) is 0 Å². The number of carbonyl (C=O) groups is 2. The number of hydrogen-bond acceptors (Lipinski definition) is 4. The summed E-state index contributed by atoms with van der Waals surface area (Å²) in [5, 5.41) is 14.9. The topological polar surface area (TPSA) is 107 Å². The van der Waals surface area contributed by atoms with E-state index in [0.717, 1.165) is 22.8 Å². The number of benzene rings is 2. The van der Waals surface area contributed by atoms with Crippen molar-refractivity contribution >= 4 is 34.9 Å². The largest absolute Gasteiger partial charge is 0.339 e. The predicted octanol–water partition coefficient (Wildman–Crippen LogP) is 3.73. The van der Waals surface area contributed by atoms with Crippen LogP contribution in [-0.2, 0) is 0 Å². The summed E-state index contributed by atoms with van der Waals surface area (Å²) in [5.41, 5.74) is 9.23. The highest BCUT2D eigenvalue weighted by Gasteiger charge is 2.82. The van der Waals surface area contributed by atoms with Gasteiger partial charge in [0.25, 0.3) is 0 Å². The Hall–Kier alpha value is -3.68. The lowest BCUT2D eigenvalue weighted by Gasteiger charge is -2.44. The molecule has 0 heterocycles. The van der Waals surface area contributed by atoms with E-state index in [1.54, 1.807) is 0 Å². The van der Waals surface area contributed by atoms with E-state index in [1.165, 1.54) is 6.42 Å². The second kappa shape index (κ2) is 6.91. The van der Waals surface area contributed by atoms with Gasteiger partial charge in [0.05, 0.1) is 0 Å². The Morgan fingerprint density at radius 1 is 0.636 bits per heavy atom. The summed E-state index contributed by atoms with van der Waals surface area (Å²) in [6, 6.07) is 18.1. The van der Waals surface area contributed by atoms with Crippen LogP contribution >= 0.6 is 0 Å². The maximum atomic E-state index is 12.3.